The quantitative estimate of drug-likeness (QED) is 0.721. The molecule has 1 heterocycles. The number of thioether (sulfide) groups is 1. The van der Waals surface area contributed by atoms with Crippen molar-refractivity contribution in [2.24, 2.45) is 0 Å². The number of fused-ring (bicyclic) bond motifs is 1. The molecule has 0 saturated carbocycles. The van der Waals surface area contributed by atoms with Gasteiger partial charge in [-0.15, -0.1) is 11.8 Å². The molecule has 0 aromatic heterocycles. The number of hydrogen-bond acceptors (Lipinski definition) is 5. The highest BCUT2D eigenvalue weighted by molar-refractivity contribution is 8.01. The zero-order valence-electron chi connectivity index (χ0n) is 15.5. The first-order chi connectivity index (χ1) is 13.3. The Hall–Kier alpha value is -2.32. The van der Waals surface area contributed by atoms with Gasteiger partial charge in [0.25, 0.3) is 0 Å². The van der Waals surface area contributed by atoms with Crippen molar-refractivity contribution in [3.63, 3.8) is 0 Å². The van der Waals surface area contributed by atoms with Crippen molar-refractivity contribution in [2.45, 2.75) is 34.8 Å². The fourth-order valence-corrected chi connectivity index (χ4v) is 5.00. The summed E-state index contributed by atoms with van der Waals surface area (Å²) >= 11 is 1.39. The van der Waals surface area contributed by atoms with E-state index in [2.05, 4.69) is 10.6 Å². The molecule has 2 amide bonds. The zero-order valence-corrected chi connectivity index (χ0v) is 17.1. The van der Waals surface area contributed by atoms with Crippen LogP contribution in [0.3, 0.4) is 0 Å². The molecule has 1 aliphatic rings. The van der Waals surface area contributed by atoms with Gasteiger partial charge >= 0.3 is 0 Å². The van der Waals surface area contributed by atoms with E-state index < -0.39 is 9.84 Å². The first-order valence-corrected chi connectivity index (χ1v) is 11.5. The zero-order chi connectivity index (χ0) is 20.1. The highest BCUT2D eigenvalue weighted by atomic mass is 32.2. The molecule has 2 aromatic carbocycles. The van der Waals surface area contributed by atoms with Crippen molar-refractivity contribution in [3.05, 3.63) is 54.1 Å². The molecular formula is C20H22N2O4S2. The summed E-state index contributed by atoms with van der Waals surface area (Å²) in [6.45, 7) is 2.26. The third-order valence-electron chi connectivity index (χ3n) is 4.42. The molecule has 2 aromatic rings. The summed E-state index contributed by atoms with van der Waals surface area (Å²) in [6.07, 6.45) is 0.590. The lowest BCUT2D eigenvalue weighted by atomic mass is 10.1. The first-order valence-electron chi connectivity index (χ1n) is 9.00. The fourth-order valence-electron chi connectivity index (χ4n) is 2.81. The minimum Gasteiger partial charge on any atom is -0.356 e. The Labute approximate surface area is 169 Å². The van der Waals surface area contributed by atoms with Crippen LogP contribution in [0, 0.1) is 0 Å². The molecule has 3 rings (SSSR count). The summed E-state index contributed by atoms with van der Waals surface area (Å²) in [7, 11) is -3.62. The van der Waals surface area contributed by atoms with E-state index in [0.717, 1.165) is 10.5 Å². The summed E-state index contributed by atoms with van der Waals surface area (Å²) < 4.78 is 25.1. The molecule has 8 heteroatoms. The molecule has 28 heavy (non-hydrogen) atoms. The van der Waals surface area contributed by atoms with Gasteiger partial charge in [0.15, 0.2) is 9.84 Å². The van der Waals surface area contributed by atoms with Gasteiger partial charge in [-0.1, -0.05) is 30.3 Å². The van der Waals surface area contributed by atoms with Crippen LogP contribution >= 0.6 is 11.8 Å². The van der Waals surface area contributed by atoms with Crippen molar-refractivity contribution < 1.29 is 18.0 Å². The van der Waals surface area contributed by atoms with E-state index >= 15 is 0 Å². The van der Waals surface area contributed by atoms with Gasteiger partial charge in [0.05, 0.1) is 21.6 Å². The number of hydrogen-bond donors (Lipinski definition) is 2. The lowest BCUT2D eigenvalue weighted by Crippen LogP contribution is -2.28. The standard InChI is InChI=1S/C20H22N2O4S2/c1-14-20(24)22-17-13-16(7-8-18(17)27-14)28(25,26)12-10-19(23)21-11-9-15-5-3-2-4-6-15/h2-8,13-14H,9-12H2,1H3,(H,21,23)(H,22,24)/t14-/m0/s1. The Balaban J connectivity index is 1.54. The van der Waals surface area contributed by atoms with E-state index in [0.29, 0.717) is 18.7 Å². The highest BCUT2D eigenvalue weighted by Gasteiger charge is 2.25. The van der Waals surface area contributed by atoms with Crippen molar-refractivity contribution in [2.75, 3.05) is 17.6 Å². The molecule has 0 unspecified atom stereocenters. The first kappa shape index (κ1) is 20.4. The van der Waals surface area contributed by atoms with E-state index in [4.69, 9.17) is 0 Å². The SMILES string of the molecule is C[C@@H]1Sc2ccc(S(=O)(=O)CCC(=O)NCCc3ccccc3)cc2NC1=O. The van der Waals surface area contributed by atoms with Crippen LogP contribution < -0.4 is 10.6 Å². The Morgan fingerprint density at radius 2 is 1.93 bits per heavy atom. The lowest BCUT2D eigenvalue weighted by molar-refractivity contribution is -0.120. The van der Waals surface area contributed by atoms with Gasteiger partial charge < -0.3 is 10.6 Å². The summed E-state index contributed by atoms with van der Waals surface area (Å²) in [5, 5.41) is 5.27. The maximum absolute atomic E-state index is 12.6. The molecule has 0 fully saturated rings. The molecule has 1 atom stereocenters. The van der Waals surface area contributed by atoms with Gasteiger partial charge in [-0.05, 0) is 37.1 Å². The van der Waals surface area contributed by atoms with Crippen LogP contribution in [-0.4, -0.2) is 37.8 Å². The predicted molar refractivity (Wildman–Crippen MR) is 110 cm³/mol. The Kier molecular flexibility index (Phi) is 6.41. The van der Waals surface area contributed by atoms with Gasteiger partial charge in [-0.2, -0.15) is 0 Å². The van der Waals surface area contributed by atoms with Crippen molar-refractivity contribution in [1.82, 2.24) is 5.32 Å². The third-order valence-corrected chi connectivity index (χ3v) is 7.31. The monoisotopic (exact) mass is 418 g/mol. The largest absolute Gasteiger partial charge is 0.356 e. The lowest BCUT2D eigenvalue weighted by Gasteiger charge is -2.21. The van der Waals surface area contributed by atoms with E-state index in [1.807, 2.05) is 30.3 Å². The average molecular weight is 419 g/mol. The molecule has 6 nitrogen and oxygen atoms in total. The molecular weight excluding hydrogens is 396 g/mol. The minimum atomic E-state index is -3.62. The molecule has 0 aliphatic carbocycles. The van der Waals surface area contributed by atoms with E-state index in [-0.39, 0.29) is 34.1 Å². The smallest absolute Gasteiger partial charge is 0.237 e. The Morgan fingerprint density at radius 1 is 1.18 bits per heavy atom. The molecule has 0 bridgehead atoms. The number of anilines is 1. The molecule has 2 N–H and O–H groups in total. The van der Waals surface area contributed by atoms with Gasteiger partial charge in [0, 0.05) is 17.9 Å². The van der Waals surface area contributed by atoms with Crippen molar-refractivity contribution in [1.29, 1.82) is 0 Å². The highest BCUT2D eigenvalue weighted by Crippen LogP contribution is 2.36. The summed E-state index contributed by atoms with van der Waals surface area (Å²) in [5.74, 6) is -0.722. The minimum absolute atomic E-state index is 0.105. The van der Waals surface area contributed by atoms with Crippen LogP contribution in [-0.2, 0) is 25.8 Å². The van der Waals surface area contributed by atoms with Crippen LogP contribution in [0.2, 0.25) is 0 Å². The Morgan fingerprint density at radius 3 is 2.68 bits per heavy atom. The topological polar surface area (TPSA) is 92.3 Å². The molecule has 148 valence electrons. The number of sulfone groups is 1. The van der Waals surface area contributed by atoms with Gasteiger partial charge in [-0.3, -0.25) is 9.59 Å². The number of benzene rings is 2. The normalized spacial score (nSPS) is 16.2. The Bertz CT molecular complexity index is 975. The molecule has 0 radical (unpaired) electrons. The molecule has 0 saturated heterocycles. The predicted octanol–water partition coefficient (Wildman–Crippen LogP) is 2.64. The van der Waals surface area contributed by atoms with Crippen molar-refractivity contribution >= 4 is 39.1 Å². The van der Waals surface area contributed by atoms with E-state index in [1.165, 1.54) is 23.9 Å². The second-order valence-corrected chi connectivity index (χ2v) is 10.1. The summed E-state index contributed by atoms with van der Waals surface area (Å²) in [6, 6.07) is 14.4. The van der Waals surface area contributed by atoms with E-state index in [9.17, 15) is 18.0 Å². The number of carbonyl (C=O) groups is 2. The third kappa shape index (κ3) is 5.14. The van der Waals surface area contributed by atoms with Crippen LogP contribution in [0.4, 0.5) is 5.69 Å². The van der Waals surface area contributed by atoms with Crippen LogP contribution in [0.25, 0.3) is 0 Å². The van der Waals surface area contributed by atoms with Crippen LogP contribution in [0.5, 0.6) is 0 Å². The van der Waals surface area contributed by atoms with Gasteiger partial charge in [0.1, 0.15) is 0 Å². The van der Waals surface area contributed by atoms with Gasteiger partial charge in [0.2, 0.25) is 11.8 Å². The second-order valence-electron chi connectivity index (χ2n) is 6.56. The second kappa shape index (κ2) is 8.79. The summed E-state index contributed by atoms with van der Waals surface area (Å²) in [4.78, 5) is 24.7. The van der Waals surface area contributed by atoms with Crippen molar-refractivity contribution in [3.8, 4) is 0 Å². The average Bonchev–Trinajstić information content (AvgIpc) is 2.68. The van der Waals surface area contributed by atoms with Crippen LogP contribution in [0.15, 0.2) is 58.3 Å². The molecule has 0 spiro atoms. The fraction of sp³-hybridized carbons (Fsp3) is 0.300. The maximum atomic E-state index is 12.6. The maximum Gasteiger partial charge on any atom is 0.237 e. The summed E-state index contributed by atoms with van der Waals surface area (Å²) in [5.41, 5.74) is 1.61. The number of rotatable bonds is 7. The van der Waals surface area contributed by atoms with Crippen LogP contribution in [0.1, 0.15) is 18.9 Å². The number of nitrogens with one attached hydrogen (secondary N) is 2. The number of amides is 2. The van der Waals surface area contributed by atoms with Gasteiger partial charge in [-0.25, -0.2) is 8.42 Å². The molecule has 1 aliphatic heterocycles. The van der Waals surface area contributed by atoms with E-state index in [1.54, 1.807) is 13.0 Å². The number of carbonyl (C=O) groups excluding carboxylic acids is 2.